The molecule has 0 aliphatic rings. The Morgan fingerprint density at radius 3 is 2.21 bits per heavy atom. The van der Waals surface area contributed by atoms with Gasteiger partial charge in [0.1, 0.15) is 5.75 Å². The van der Waals surface area contributed by atoms with Crippen LogP contribution in [-0.2, 0) is 41.1 Å². The van der Waals surface area contributed by atoms with Crippen molar-refractivity contribution in [3.63, 3.8) is 0 Å². The average molecular weight is 581 g/mol. The molecule has 0 aliphatic carbocycles. The van der Waals surface area contributed by atoms with Crippen molar-refractivity contribution in [2.75, 3.05) is 13.7 Å². The summed E-state index contributed by atoms with van der Waals surface area (Å²) in [5.74, 6) is -4.07. The van der Waals surface area contributed by atoms with Crippen LogP contribution in [0, 0.1) is 0 Å². The number of methoxy groups -OCH3 is 1. The van der Waals surface area contributed by atoms with Gasteiger partial charge in [0.05, 0.1) is 26.3 Å². The van der Waals surface area contributed by atoms with Crippen molar-refractivity contribution in [1.29, 1.82) is 0 Å². The summed E-state index contributed by atoms with van der Waals surface area (Å²) >= 11 is 0. The quantitative estimate of drug-likeness (QED) is 0.174. The summed E-state index contributed by atoms with van der Waals surface area (Å²) in [5.41, 5.74) is 1.12. The second-order valence-corrected chi connectivity index (χ2v) is 9.94. The van der Waals surface area contributed by atoms with E-state index in [2.05, 4.69) is 68.7 Å². The molecular weight excluding hydrogens is 544 g/mol. The molecule has 12 nitrogen and oxygen atoms in total. The lowest BCUT2D eigenvalue weighted by Gasteiger charge is -2.23. The molecule has 0 spiro atoms. The van der Waals surface area contributed by atoms with Crippen LogP contribution in [0.3, 0.4) is 0 Å². The number of para-hydroxylation sites is 2. The highest BCUT2D eigenvalue weighted by molar-refractivity contribution is 5.88. The van der Waals surface area contributed by atoms with Crippen LogP contribution in [0.1, 0.15) is 30.4 Å². The number of carbonyl (C=O) groups is 3. The maximum atomic E-state index is 10.3. The zero-order valence-electron chi connectivity index (χ0n) is 23.6. The number of nitrogens with zero attached hydrogens (tertiary/aromatic N) is 4. The van der Waals surface area contributed by atoms with Crippen molar-refractivity contribution in [1.82, 2.24) is 19.0 Å². The monoisotopic (exact) mass is 580 g/mol. The molecule has 0 radical (unpaired) electrons. The zero-order valence-corrected chi connectivity index (χ0v) is 23.6. The number of aliphatic carboxylic acids is 3. The molecule has 0 bridgehead atoms. The van der Waals surface area contributed by atoms with Gasteiger partial charge in [-0.15, -0.1) is 0 Å². The van der Waals surface area contributed by atoms with Crippen molar-refractivity contribution in [2.45, 2.75) is 44.5 Å². The van der Waals surface area contributed by atoms with E-state index >= 15 is 0 Å². The largest absolute Gasteiger partial charge is 0.496 e. The third-order valence-electron chi connectivity index (χ3n) is 6.70. The van der Waals surface area contributed by atoms with E-state index in [0.717, 1.165) is 38.3 Å². The molecule has 2 aromatic heterocycles. The molecule has 0 unspecified atom stereocenters. The minimum absolute atomic E-state index is 0.858. The molecule has 0 saturated carbocycles. The number of rotatable bonds is 14. The summed E-state index contributed by atoms with van der Waals surface area (Å²) in [7, 11) is 3.86. The molecule has 224 valence electrons. The number of imidazole rings is 1. The fourth-order valence-electron chi connectivity index (χ4n) is 4.69. The third-order valence-corrected chi connectivity index (χ3v) is 6.70. The van der Waals surface area contributed by atoms with Crippen LogP contribution in [-0.4, -0.2) is 76.6 Å². The summed E-state index contributed by atoms with van der Waals surface area (Å²) in [4.78, 5) is 37.1. The summed E-state index contributed by atoms with van der Waals surface area (Å²) in [6.07, 6.45) is 6.78. The number of fused-ring (bicyclic) bond motifs is 1. The van der Waals surface area contributed by atoms with Crippen LogP contribution in [0.5, 0.6) is 5.75 Å². The third kappa shape index (κ3) is 8.91. The molecule has 0 atom stereocenters. The van der Waals surface area contributed by atoms with Crippen molar-refractivity contribution >= 4 is 28.8 Å². The number of ether oxygens (including phenoxy) is 1. The van der Waals surface area contributed by atoms with Crippen LogP contribution >= 0.6 is 0 Å². The summed E-state index contributed by atoms with van der Waals surface area (Å²) < 4.78 is 9.95. The molecule has 12 heteroatoms. The Morgan fingerprint density at radius 2 is 1.60 bits per heavy atom. The average Bonchev–Trinajstić information content (AvgIpc) is 3.56. The SMILES string of the molecule is COc1ccccc1CN(CCCn1ccnc1)Cc1cn(C)c2ccccc12.O=C(O)CC(O)(CC(=O)O)C(=O)O. The molecule has 4 aromatic rings. The number of carboxylic acids is 3. The minimum Gasteiger partial charge on any atom is -0.496 e. The maximum absolute atomic E-state index is 10.3. The lowest BCUT2D eigenvalue weighted by Crippen LogP contribution is -2.42. The Balaban J connectivity index is 0.000000316. The predicted molar refractivity (Wildman–Crippen MR) is 154 cm³/mol. The molecule has 2 aromatic carbocycles. The van der Waals surface area contributed by atoms with Crippen LogP contribution < -0.4 is 4.74 Å². The fraction of sp³-hybridized carbons (Fsp3) is 0.333. The van der Waals surface area contributed by atoms with E-state index in [4.69, 9.17) is 25.2 Å². The summed E-state index contributed by atoms with van der Waals surface area (Å²) in [5, 5.41) is 35.1. The fourth-order valence-corrected chi connectivity index (χ4v) is 4.69. The van der Waals surface area contributed by atoms with Crippen LogP contribution in [0.4, 0.5) is 0 Å². The minimum atomic E-state index is -2.74. The second kappa shape index (κ2) is 14.8. The highest BCUT2D eigenvalue weighted by atomic mass is 16.5. The number of aliphatic hydroxyl groups is 1. The normalized spacial score (nSPS) is 11.2. The molecule has 0 aliphatic heterocycles. The van der Waals surface area contributed by atoms with Gasteiger partial charge in [0.25, 0.3) is 0 Å². The number of benzene rings is 2. The molecule has 2 heterocycles. The lowest BCUT2D eigenvalue weighted by molar-refractivity contribution is -0.170. The van der Waals surface area contributed by atoms with Gasteiger partial charge in [0.15, 0.2) is 5.60 Å². The van der Waals surface area contributed by atoms with E-state index in [1.165, 1.54) is 22.0 Å². The number of aryl methyl sites for hydroxylation is 2. The van der Waals surface area contributed by atoms with Gasteiger partial charge < -0.3 is 34.3 Å². The predicted octanol–water partition coefficient (Wildman–Crippen LogP) is 3.23. The first-order valence-electron chi connectivity index (χ1n) is 13.2. The lowest BCUT2D eigenvalue weighted by atomic mass is 9.96. The van der Waals surface area contributed by atoms with Gasteiger partial charge in [-0.05, 0) is 24.1 Å². The van der Waals surface area contributed by atoms with Crippen LogP contribution in [0.2, 0.25) is 0 Å². The van der Waals surface area contributed by atoms with Crippen molar-refractivity contribution in [2.24, 2.45) is 7.05 Å². The second-order valence-electron chi connectivity index (χ2n) is 9.94. The smallest absolute Gasteiger partial charge is 0.336 e. The van der Waals surface area contributed by atoms with Gasteiger partial charge in [-0.25, -0.2) is 9.78 Å². The van der Waals surface area contributed by atoms with Crippen molar-refractivity contribution in [3.05, 3.63) is 84.6 Å². The van der Waals surface area contributed by atoms with Crippen LogP contribution in [0.25, 0.3) is 10.9 Å². The summed E-state index contributed by atoms with van der Waals surface area (Å²) in [6, 6.07) is 16.9. The molecular formula is C30H36N4O8. The van der Waals surface area contributed by atoms with Gasteiger partial charge in [-0.1, -0.05) is 36.4 Å². The molecule has 42 heavy (non-hydrogen) atoms. The molecule has 4 rings (SSSR count). The van der Waals surface area contributed by atoms with Gasteiger partial charge in [0.2, 0.25) is 0 Å². The summed E-state index contributed by atoms with van der Waals surface area (Å²) in [6.45, 7) is 3.73. The van der Waals surface area contributed by atoms with E-state index < -0.39 is 36.4 Å². The first-order chi connectivity index (χ1) is 20.0. The van der Waals surface area contributed by atoms with Gasteiger partial charge >= 0.3 is 17.9 Å². The van der Waals surface area contributed by atoms with Crippen LogP contribution in [0.15, 0.2) is 73.4 Å². The highest BCUT2D eigenvalue weighted by Crippen LogP contribution is 2.25. The van der Waals surface area contributed by atoms with Gasteiger partial charge in [0, 0.05) is 68.3 Å². The molecule has 4 N–H and O–H groups in total. The number of hydrogen-bond donors (Lipinski definition) is 4. The van der Waals surface area contributed by atoms with Crippen molar-refractivity contribution < 1.29 is 39.5 Å². The first kappa shape index (κ1) is 31.8. The van der Waals surface area contributed by atoms with E-state index in [1.54, 1.807) is 7.11 Å². The van der Waals surface area contributed by atoms with E-state index in [9.17, 15) is 14.4 Å². The Labute approximate surface area is 243 Å². The first-order valence-corrected chi connectivity index (χ1v) is 13.2. The molecule has 0 fully saturated rings. The topological polar surface area (TPSA) is 167 Å². The van der Waals surface area contributed by atoms with Gasteiger partial charge in [-0.2, -0.15) is 0 Å². The Kier molecular flexibility index (Phi) is 11.2. The molecule has 0 saturated heterocycles. The Bertz CT molecular complexity index is 1470. The van der Waals surface area contributed by atoms with Crippen molar-refractivity contribution in [3.8, 4) is 5.75 Å². The van der Waals surface area contributed by atoms with E-state index in [-0.39, 0.29) is 0 Å². The highest BCUT2D eigenvalue weighted by Gasteiger charge is 2.40. The number of carboxylic acid groups (broad SMARTS) is 3. The Hall–Kier alpha value is -4.68. The number of hydrogen-bond acceptors (Lipinski definition) is 7. The van der Waals surface area contributed by atoms with E-state index in [1.807, 2.05) is 30.9 Å². The maximum Gasteiger partial charge on any atom is 0.336 e. The zero-order chi connectivity index (χ0) is 30.7. The van der Waals surface area contributed by atoms with E-state index in [0.29, 0.717) is 0 Å². The Morgan fingerprint density at radius 1 is 0.952 bits per heavy atom. The molecule has 0 amide bonds. The number of aromatic nitrogens is 3. The standard InChI is InChI=1S/C24H28N4O.C6H8O7/c1-26-16-21(22-9-4-5-10-23(22)26)18-28(14-7-13-27-15-12-25-19-27)17-20-8-3-6-11-24(20)29-2;7-3(8)1-6(13,5(11)12)2-4(9)10/h3-6,8-12,15-16,19H,7,13-14,17-18H2,1-2H3;13H,1-2H2,(H,7,8)(H,9,10)(H,11,12). The van der Waals surface area contributed by atoms with Gasteiger partial charge in [-0.3, -0.25) is 14.5 Å².